The van der Waals surface area contributed by atoms with Crippen molar-refractivity contribution in [3.8, 4) is 0 Å². The Morgan fingerprint density at radius 1 is 1.71 bits per heavy atom. The van der Waals surface area contributed by atoms with Crippen LogP contribution in [0.2, 0.25) is 0 Å². The average molecular weight is 202 g/mol. The molecular formula is C10H18O4. The first kappa shape index (κ1) is 11.5. The van der Waals surface area contributed by atoms with Gasteiger partial charge in [0.1, 0.15) is 0 Å². The van der Waals surface area contributed by atoms with E-state index in [4.69, 9.17) is 14.6 Å². The third kappa shape index (κ3) is 2.69. The van der Waals surface area contributed by atoms with E-state index in [1.807, 2.05) is 6.92 Å². The molecule has 2 unspecified atom stereocenters. The van der Waals surface area contributed by atoms with Gasteiger partial charge in [0.15, 0.2) is 5.60 Å². The van der Waals surface area contributed by atoms with Crippen LogP contribution in [0.25, 0.3) is 0 Å². The second kappa shape index (κ2) is 4.75. The maximum absolute atomic E-state index is 10.9. The number of ether oxygens (including phenoxy) is 2. The summed E-state index contributed by atoms with van der Waals surface area (Å²) in [7, 11) is 0. The van der Waals surface area contributed by atoms with Crippen LogP contribution in [0, 0.1) is 5.92 Å². The molecule has 1 fully saturated rings. The molecule has 14 heavy (non-hydrogen) atoms. The van der Waals surface area contributed by atoms with Crippen LogP contribution in [-0.2, 0) is 14.3 Å². The number of hydrogen-bond donors (Lipinski definition) is 1. The molecular weight excluding hydrogens is 184 g/mol. The monoisotopic (exact) mass is 202 g/mol. The van der Waals surface area contributed by atoms with Crippen LogP contribution in [0.1, 0.15) is 26.7 Å². The highest BCUT2D eigenvalue weighted by atomic mass is 16.5. The molecule has 0 spiro atoms. The summed E-state index contributed by atoms with van der Waals surface area (Å²) in [6.45, 7) is 5.38. The third-order valence-corrected chi connectivity index (χ3v) is 2.79. The Morgan fingerprint density at radius 2 is 2.43 bits per heavy atom. The first-order valence-corrected chi connectivity index (χ1v) is 5.03. The Kier molecular flexibility index (Phi) is 3.89. The number of carboxylic acid groups (broad SMARTS) is 1. The molecule has 0 aromatic heterocycles. The van der Waals surface area contributed by atoms with Crippen molar-refractivity contribution in [1.82, 2.24) is 0 Å². The topological polar surface area (TPSA) is 55.8 Å². The highest BCUT2D eigenvalue weighted by Gasteiger charge is 2.33. The summed E-state index contributed by atoms with van der Waals surface area (Å²) in [6, 6.07) is 0. The number of hydrogen-bond acceptors (Lipinski definition) is 3. The molecule has 82 valence electrons. The zero-order valence-electron chi connectivity index (χ0n) is 8.78. The summed E-state index contributed by atoms with van der Waals surface area (Å²) in [5.41, 5.74) is -1.04. The van der Waals surface area contributed by atoms with Crippen molar-refractivity contribution in [2.75, 3.05) is 19.8 Å². The second-order valence-electron chi connectivity index (χ2n) is 3.93. The molecule has 4 heteroatoms. The highest BCUT2D eigenvalue weighted by molar-refractivity contribution is 5.76. The van der Waals surface area contributed by atoms with Gasteiger partial charge in [-0.2, -0.15) is 0 Å². The summed E-state index contributed by atoms with van der Waals surface area (Å²) >= 11 is 0. The van der Waals surface area contributed by atoms with Crippen molar-refractivity contribution in [2.24, 2.45) is 5.92 Å². The van der Waals surface area contributed by atoms with Crippen LogP contribution < -0.4 is 0 Å². The molecule has 1 rings (SSSR count). The molecule has 0 bridgehead atoms. The maximum Gasteiger partial charge on any atom is 0.335 e. The van der Waals surface area contributed by atoms with E-state index < -0.39 is 11.6 Å². The van der Waals surface area contributed by atoms with Gasteiger partial charge in [0.25, 0.3) is 0 Å². The average Bonchev–Trinajstić information content (AvgIpc) is 2.66. The van der Waals surface area contributed by atoms with Gasteiger partial charge >= 0.3 is 5.97 Å². The van der Waals surface area contributed by atoms with Crippen molar-refractivity contribution in [3.63, 3.8) is 0 Å². The normalized spacial score (nSPS) is 26.0. The van der Waals surface area contributed by atoms with E-state index in [1.54, 1.807) is 6.92 Å². The Balaban J connectivity index is 2.36. The minimum absolute atomic E-state index is 0.361. The van der Waals surface area contributed by atoms with E-state index in [-0.39, 0.29) is 0 Å². The van der Waals surface area contributed by atoms with Gasteiger partial charge in [-0.1, -0.05) is 6.92 Å². The molecule has 0 saturated carbocycles. The summed E-state index contributed by atoms with van der Waals surface area (Å²) in [5, 5.41) is 8.95. The van der Waals surface area contributed by atoms with Crippen molar-refractivity contribution in [3.05, 3.63) is 0 Å². The molecule has 0 aromatic rings. The van der Waals surface area contributed by atoms with Gasteiger partial charge in [-0.25, -0.2) is 4.79 Å². The minimum atomic E-state index is -1.04. The summed E-state index contributed by atoms with van der Waals surface area (Å²) < 4.78 is 10.6. The molecule has 0 aromatic carbocycles. The third-order valence-electron chi connectivity index (χ3n) is 2.79. The van der Waals surface area contributed by atoms with Crippen molar-refractivity contribution >= 4 is 5.97 Å². The van der Waals surface area contributed by atoms with Crippen LogP contribution in [0.15, 0.2) is 0 Å². The summed E-state index contributed by atoms with van der Waals surface area (Å²) in [6.07, 6.45) is 1.45. The van der Waals surface area contributed by atoms with E-state index in [2.05, 4.69) is 0 Å². The molecule has 1 aliphatic heterocycles. The van der Waals surface area contributed by atoms with E-state index in [0.717, 1.165) is 13.0 Å². The molecule has 2 atom stereocenters. The van der Waals surface area contributed by atoms with Gasteiger partial charge in [0, 0.05) is 12.5 Å². The van der Waals surface area contributed by atoms with Gasteiger partial charge in [0.05, 0.1) is 13.2 Å². The Hall–Kier alpha value is -0.610. The molecule has 1 aliphatic rings. The fourth-order valence-corrected chi connectivity index (χ4v) is 1.33. The molecule has 0 radical (unpaired) electrons. The molecule has 0 aliphatic carbocycles. The summed E-state index contributed by atoms with van der Waals surface area (Å²) in [5.74, 6) is -0.529. The van der Waals surface area contributed by atoms with Crippen molar-refractivity contribution in [2.45, 2.75) is 32.3 Å². The largest absolute Gasteiger partial charge is 0.479 e. The lowest BCUT2D eigenvalue weighted by molar-refractivity contribution is -0.165. The quantitative estimate of drug-likeness (QED) is 0.730. The van der Waals surface area contributed by atoms with Gasteiger partial charge in [-0.3, -0.25) is 0 Å². The molecule has 1 heterocycles. The fourth-order valence-electron chi connectivity index (χ4n) is 1.33. The highest BCUT2D eigenvalue weighted by Crippen LogP contribution is 2.20. The number of rotatable bonds is 5. The first-order chi connectivity index (χ1) is 6.58. The van der Waals surface area contributed by atoms with E-state index in [0.29, 0.717) is 25.6 Å². The molecule has 1 N–H and O–H groups in total. The number of aliphatic carboxylic acids is 1. The zero-order valence-corrected chi connectivity index (χ0v) is 8.78. The Morgan fingerprint density at radius 3 is 2.86 bits per heavy atom. The molecule has 1 saturated heterocycles. The zero-order chi connectivity index (χ0) is 10.6. The number of carboxylic acids is 1. The predicted molar refractivity (Wildman–Crippen MR) is 51.2 cm³/mol. The number of carbonyl (C=O) groups is 1. The fraction of sp³-hybridized carbons (Fsp3) is 0.900. The lowest BCUT2D eigenvalue weighted by Gasteiger charge is -2.25. The van der Waals surface area contributed by atoms with E-state index >= 15 is 0 Å². The maximum atomic E-state index is 10.9. The Labute approximate surface area is 84.2 Å². The van der Waals surface area contributed by atoms with E-state index in [1.165, 1.54) is 0 Å². The van der Waals surface area contributed by atoms with E-state index in [9.17, 15) is 4.79 Å². The molecule has 4 nitrogen and oxygen atoms in total. The smallest absolute Gasteiger partial charge is 0.335 e. The lowest BCUT2D eigenvalue weighted by Crippen LogP contribution is -2.39. The van der Waals surface area contributed by atoms with Crippen LogP contribution in [-0.4, -0.2) is 36.5 Å². The lowest BCUT2D eigenvalue weighted by atomic mass is 10.0. The van der Waals surface area contributed by atoms with Crippen LogP contribution >= 0.6 is 0 Å². The van der Waals surface area contributed by atoms with Gasteiger partial charge in [0.2, 0.25) is 0 Å². The standard InChI is InChI=1S/C10H18O4/c1-3-10(2,9(11)12)14-7-8-4-5-13-6-8/h8H,3-7H2,1-2H3,(H,11,12). The molecule has 0 amide bonds. The van der Waals surface area contributed by atoms with Crippen molar-refractivity contribution < 1.29 is 19.4 Å². The van der Waals surface area contributed by atoms with Crippen LogP contribution in [0.5, 0.6) is 0 Å². The van der Waals surface area contributed by atoms with Crippen molar-refractivity contribution in [1.29, 1.82) is 0 Å². The van der Waals surface area contributed by atoms with Gasteiger partial charge in [-0.15, -0.1) is 0 Å². The van der Waals surface area contributed by atoms with Gasteiger partial charge in [-0.05, 0) is 19.8 Å². The minimum Gasteiger partial charge on any atom is -0.479 e. The van der Waals surface area contributed by atoms with Gasteiger partial charge < -0.3 is 14.6 Å². The van der Waals surface area contributed by atoms with Crippen LogP contribution in [0.3, 0.4) is 0 Å². The second-order valence-corrected chi connectivity index (χ2v) is 3.93. The first-order valence-electron chi connectivity index (χ1n) is 5.03. The SMILES string of the molecule is CCC(C)(OCC1CCOC1)C(=O)O. The summed E-state index contributed by atoms with van der Waals surface area (Å²) in [4.78, 5) is 10.9. The Bertz CT molecular complexity index is 198. The predicted octanol–water partition coefficient (Wildman–Crippen LogP) is 1.29. The van der Waals surface area contributed by atoms with Crippen LogP contribution in [0.4, 0.5) is 0 Å².